The van der Waals surface area contributed by atoms with Crippen LogP contribution in [0.4, 0.5) is 17.1 Å². The fourth-order valence-corrected chi connectivity index (χ4v) is 5.72. The SMILES string of the molecule is CC(=O)c1ccc2c(c1)N(S(=O)(=O)c1ccc([N+](=O)[O-])cc1)c1ccccc1S2. The minimum Gasteiger partial charge on any atom is -0.295 e. The number of nitro groups is 1. The summed E-state index contributed by atoms with van der Waals surface area (Å²) >= 11 is 1.42. The van der Waals surface area contributed by atoms with Gasteiger partial charge in [0.15, 0.2) is 5.78 Å². The summed E-state index contributed by atoms with van der Waals surface area (Å²) in [6, 6.07) is 16.8. The molecular weight excluding hydrogens is 412 g/mol. The number of fused-ring (bicyclic) bond motifs is 2. The number of para-hydroxylation sites is 1. The second kappa shape index (κ2) is 7.02. The van der Waals surface area contributed by atoms with Crippen molar-refractivity contribution in [2.75, 3.05) is 4.31 Å². The van der Waals surface area contributed by atoms with Gasteiger partial charge in [-0.2, -0.15) is 0 Å². The van der Waals surface area contributed by atoms with E-state index in [2.05, 4.69) is 0 Å². The Morgan fingerprint density at radius 2 is 1.62 bits per heavy atom. The molecule has 29 heavy (non-hydrogen) atoms. The largest absolute Gasteiger partial charge is 0.295 e. The lowest BCUT2D eigenvalue weighted by Gasteiger charge is -2.32. The molecule has 0 unspecified atom stereocenters. The van der Waals surface area contributed by atoms with Gasteiger partial charge in [0, 0.05) is 27.5 Å². The molecule has 1 heterocycles. The zero-order chi connectivity index (χ0) is 20.8. The maximum atomic E-state index is 13.5. The van der Waals surface area contributed by atoms with Crippen LogP contribution in [0.1, 0.15) is 17.3 Å². The highest BCUT2D eigenvalue weighted by molar-refractivity contribution is 8.00. The molecule has 146 valence electrons. The van der Waals surface area contributed by atoms with Crippen LogP contribution in [0.2, 0.25) is 0 Å². The van der Waals surface area contributed by atoms with E-state index in [4.69, 9.17) is 0 Å². The molecule has 0 bridgehead atoms. The molecule has 4 rings (SSSR count). The van der Waals surface area contributed by atoms with Gasteiger partial charge in [0.2, 0.25) is 0 Å². The normalized spacial score (nSPS) is 12.8. The molecule has 0 saturated carbocycles. The Hall–Kier alpha value is -3.17. The molecule has 0 spiro atoms. The van der Waals surface area contributed by atoms with Crippen LogP contribution in [0.3, 0.4) is 0 Å². The van der Waals surface area contributed by atoms with E-state index in [0.29, 0.717) is 21.8 Å². The van der Waals surface area contributed by atoms with Crippen molar-refractivity contribution in [3.63, 3.8) is 0 Å². The molecule has 0 aliphatic carbocycles. The molecule has 3 aromatic rings. The van der Waals surface area contributed by atoms with Gasteiger partial charge >= 0.3 is 0 Å². The number of benzene rings is 3. The fourth-order valence-electron chi connectivity index (χ4n) is 3.05. The second-order valence-corrected chi connectivity index (χ2v) is 9.20. The van der Waals surface area contributed by atoms with Crippen LogP contribution >= 0.6 is 11.8 Å². The summed E-state index contributed by atoms with van der Waals surface area (Å²) < 4.78 is 28.3. The van der Waals surface area contributed by atoms with E-state index in [1.54, 1.807) is 30.3 Å². The molecule has 0 aromatic heterocycles. The summed E-state index contributed by atoms with van der Waals surface area (Å²) in [6.45, 7) is 1.42. The maximum Gasteiger partial charge on any atom is 0.269 e. The number of carbonyl (C=O) groups excluding carboxylic acids is 1. The lowest BCUT2D eigenvalue weighted by Crippen LogP contribution is -2.29. The minimum absolute atomic E-state index is 0.0796. The standard InChI is InChI=1S/C20H14N2O5S2/c1-13(23)14-6-11-20-18(12-14)21(17-4-2-3-5-19(17)28-20)29(26,27)16-9-7-15(8-10-16)22(24)25/h2-12H,1H3. The van der Waals surface area contributed by atoms with Crippen LogP contribution in [-0.2, 0) is 10.0 Å². The first-order chi connectivity index (χ1) is 13.8. The third kappa shape index (κ3) is 3.28. The molecule has 0 N–H and O–H groups in total. The lowest BCUT2D eigenvalue weighted by molar-refractivity contribution is -0.384. The van der Waals surface area contributed by atoms with Gasteiger partial charge < -0.3 is 0 Å². The number of carbonyl (C=O) groups is 1. The minimum atomic E-state index is -4.09. The van der Waals surface area contributed by atoms with Crippen molar-refractivity contribution in [3.8, 4) is 0 Å². The average Bonchev–Trinajstić information content (AvgIpc) is 2.71. The number of Topliss-reactive ketones (excluding diaryl/α,β-unsaturated/α-hetero) is 1. The smallest absolute Gasteiger partial charge is 0.269 e. The molecule has 0 radical (unpaired) electrons. The summed E-state index contributed by atoms with van der Waals surface area (Å²) in [5.74, 6) is -0.177. The zero-order valence-corrected chi connectivity index (χ0v) is 16.7. The van der Waals surface area contributed by atoms with E-state index < -0.39 is 14.9 Å². The van der Waals surface area contributed by atoms with Gasteiger partial charge in [-0.1, -0.05) is 30.0 Å². The van der Waals surface area contributed by atoms with Crippen LogP contribution in [-0.4, -0.2) is 19.1 Å². The summed E-state index contributed by atoms with van der Waals surface area (Å²) in [5.41, 5.74) is 1.04. The molecule has 9 heteroatoms. The number of hydrogen-bond donors (Lipinski definition) is 0. The number of ketones is 1. The highest BCUT2D eigenvalue weighted by Crippen LogP contribution is 2.50. The summed E-state index contributed by atoms with van der Waals surface area (Å²) in [5, 5.41) is 10.9. The van der Waals surface area contributed by atoms with Crippen molar-refractivity contribution in [2.24, 2.45) is 0 Å². The molecule has 7 nitrogen and oxygen atoms in total. The number of nitro benzene ring substituents is 1. The van der Waals surface area contributed by atoms with E-state index in [-0.39, 0.29) is 16.4 Å². The van der Waals surface area contributed by atoms with Crippen LogP contribution in [0.5, 0.6) is 0 Å². The van der Waals surface area contributed by atoms with Crippen molar-refractivity contribution in [3.05, 3.63) is 82.4 Å². The Balaban J connectivity index is 1.93. The lowest BCUT2D eigenvalue weighted by atomic mass is 10.1. The Labute approximate surface area is 171 Å². The van der Waals surface area contributed by atoms with Crippen LogP contribution in [0, 0.1) is 10.1 Å². The molecule has 1 aliphatic rings. The van der Waals surface area contributed by atoms with E-state index in [1.807, 2.05) is 12.1 Å². The van der Waals surface area contributed by atoms with Crippen LogP contribution in [0.25, 0.3) is 0 Å². The van der Waals surface area contributed by atoms with Crippen molar-refractivity contribution in [1.29, 1.82) is 0 Å². The number of nitrogens with zero attached hydrogens (tertiary/aromatic N) is 2. The predicted octanol–water partition coefficient (Wildman–Crippen LogP) is 4.79. The Morgan fingerprint density at radius 1 is 0.966 bits per heavy atom. The summed E-state index contributed by atoms with van der Waals surface area (Å²) in [7, 11) is -4.09. The van der Waals surface area contributed by atoms with Gasteiger partial charge in [-0.05, 0) is 43.3 Å². The van der Waals surface area contributed by atoms with Crippen molar-refractivity contribution in [2.45, 2.75) is 21.6 Å². The maximum absolute atomic E-state index is 13.5. The van der Waals surface area contributed by atoms with E-state index in [0.717, 1.165) is 17.0 Å². The van der Waals surface area contributed by atoms with Crippen molar-refractivity contribution < 1.29 is 18.1 Å². The van der Waals surface area contributed by atoms with E-state index >= 15 is 0 Å². The molecular formula is C20H14N2O5S2. The van der Waals surface area contributed by atoms with Gasteiger partial charge in [0.25, 0.3) is 15.7 Å². The first-order valence-corrected chi connectivity index (χ1v) is 10.8. The summed E-state index contributed by atoms with van der Waals surface area (Å²) in [6.07, 6.45) is 0. The quantitative estimate of drug-likeness (QED) is 0.338. The molecule has 3 aromatic carbocycles. The predicted molar refractivity (Wildman–Crippen MR) is 109 cm³/mol. The highest BCUT2D eigenvalue weighted by Gasteiger charge is 2.34. The number of rotatable bonds is 4. The van der Waals surface area contributed by atoms with Gasteiger partial charge in [0.1, 0.15) is 0 Å². The van der Waals surface area contributed by atoms with Crippen molar-refractivity contribution >= 4 is 44.6 Å². The van der Waals surface area contributed by atoms with Gasteiger partial charge in [-0.25, -0.2) is 12.7 Å². The van der Waals surface area contributed by atoms with E-state index in [1.165, 1.54) is 35.1 Å². The van der Waals surface area contributed by atoms with Crippen molar-refractivity contribution in [1.82, 2.24) is 0 Å². The Morgan fingerprint density at radius 3 is 2.28 bits per heavy atom. The Bertz CT molecular complexity index is 1250. The number of non-ortho nitro benzene ring substituents is 1. The monoisotopic (exact) mass is 426 g/mol. The van der Waals surface area contributed by atoms with Gasteiger partial charge in [-0.3, -0.25) is 14.9 Å². The van der Waals surface area contributed by atoms with Crippen LogP contribution in [0.15, 0.2) is 81.4 Å². The molecule has 0 amide bonds. The molecule has 0 fully saturated rings. The number of sulfonamides is 1. The fraction of sp³-hybridized carbons (Fsp3) is 0.0500. The van der Waals surface area contributed by atoms with Crippen LogP contribution < -0.4 is 4.31 Å². The molecule has 0 atom stereocenters. The molecule has 1 aliphatic heterocycles. The first-order valence-electron chi connectivity index (χ1n) is 8.51. The number of hydrogen-bond acceptors (Lipinski definition) is 6. The van der Waals surface area contributed by atoms with Gasteiger partial charge in [0.05, 0.1) is 21.2 Å². The average molecular weight is 426 g/mol. The second-order valence-electron chi connectivity index (χ2n) is 6.33. The van der Waals surface area contributed by atoms with E-state index in [9.17, 15) is 23.3 Å². The molecule has 0 saturated heterocycles. The topological polar surface area (TPSA) is 97.6 Å². The summed E-state index contributed by atoms with van der Waals surface area (Å²) in [4.78, 5) is 23.5. The zero-order valence-electron chi connectivity index (χ0n) is 15.1. The highest BCUT2D eigenvalue weighted by atomic mass is 32.2. The third-order valence-electron chi connectivity index (χ3n) is 4.47. The number of anilines is 2. The first kappa shape index (κ1) is 19.2. The Kier molecular flexibility index (Phi) is 4.64. The van der Waals surface area contributed by atoms with Gasteiger partial charge in [-0.15, -0.1) is 0 Å². The third-order valence-corrected chi connectivity index (χ3v) is 7.35.